The largest absolute Gasteiger partial charge is 0.344 e. The van der Waals surface area contributed by atoms with Crippen LogP contribution in [0.2, 0.25) is 0 Å². The highest BCUT2D eigenvalue weighted by Crippen LogP contribution is 2.19. The van der Waals surface area contributed by atoms with Crippen LogP contribution in [-0.4, -0.2) is 40.2 Å². The van der Waals surface area contributed by atoms with Crippen LogP contribution in [0, 0.1) is 0 Å². The van der Waals surface area contributed by atoms with Crippen molar-refractivity contribution in [3.63, 3.8) is 0 Å². The molecule has 1 aliphatic heterocycles. The van der Waals surface area contributed by atoms with Gasteiger partial charge in [-0.25, -0.2) is 0 Å². The smallest absolute Gasteiger partial charge is 0.224 e. The van der Waals surface area contributed by atoms with Crippen LogP contribution in [-0.2, 0) is 18.4 Å². The van der Waals surface area contributed by atoms with Crippen LogP contribution in [0.1, 0.15) is 12.0 Å². The minimum atomic E-state index is 0.219. The average Bonchev–Trinajstić information content (AvgIpc) is 3.04. The Hall–Kier alpha value is -2.14. The van der Waals surface area contributed by atoms with Crippen molar-refractivity contribution in [3.8, 4) is 11.1 Å². The Morgan fingerprint density at radius 2 is 2.19 bits per heavy atom. The van der Waals surface area contributed by atoms with Gasteiger partial charge in [0, 0.05) is 51.4 Å². The van der Waals surface area contributed by atoms with Gasteiger partial charge in [-0.2, -0.15) is 5.10 Å². The molecule has 2 heterocycles. The number of hydrogen-bond donors (Lipinski definition) is 1. The topological polar surface area (TPSA) is 50.2 Å². The minimum absolute atomic E-state index is 0.219. The summed E-state index contributed by atoms with van der Waals surface area (Å²) in [6.07, 6.45) is 4.48. The van der Waals surface area contributed by atoms with E-state index in [1.807, 2.05) is 26.5 Å². The van der Waals surface area contributed by atoms with Crippen LogP contribution in [0.5, 0.6) is 0 Å². The fourth-order valence-electron chi connectivity index (χ4n) is 2.69. The standard InChI is InChI=1S/C16H20N4O/c1-19-11-15(7-16(19)21)17-8-12-4-3-5-13(6-12)14-9-18-20(2)10-14/h3-6,9-10,15,17H,7-8,11H2,1-2H3. The molecule has 1 aromatic carbocycles. The van der Waals surface area contributed by atoms with Gasteiger partial charge in [-0.05, 0) is 17.2 Å². The van der Waals surface area contributed by atoms with E-state index in [9.17, 15) is 4.79 Å². The number of carbonyl (C=O) groups is 1. The fourth-order valence-corrected chi connectivity index (χ4v) is 2.69. The van der Waals surface area contributed by atoms with E-state index < -0.39 is 0 Å². The lowest BCUT2D eigenvalue weighted by atomic mass is 10.1. The highest BCUT2D eigenvalue weighted by atomic mass is 16.2. The molecule has 5 heteroatoms. The van der Waals surface area contributed by atoms with Gasteiger partial charge in [0.05, 0.1) is 6.20 Å². The van der Waals surface area contributed by atoms with E-state index in [0.29, 0.717) is 6.42 Å². The predicted octanol–water partition coefficient (Wildman–Crippen LogP) is 1.41. The lowest BCUT2D eigenvalue weighted by Crippen LogP contribution is -2.30. The summed E-state index contributed by atoms with van der Waals surface area (Å²) in [6, 6.07) is 8.68. The number of nitrogens with zero attached hydrogens (tertiary/aromatic N) is 3. The van der Waals surface area contributed by atoms with Crippen molar-refractivity contribution in [2.45, 2.75) is 19.0 Å². The quantitative estimate of drug-likeness (QED) is 0.923. The Morgan fingerprint density at radius 1 is 1.33 bits per heavy atom. The number of likely N-dealkylation sites (tertiary alicyclic amines) is 1. The molecule has 21 heavy (non-hydrogen) atoms. The van der Waals surface area contributed by atoms with Gasteiger partial charge in [-0.15, -0.1) is 0 Å². The average molecular weight is 284 g/mol. The van der Waals surface area contributed by atoms with Crippen LogP contribution in [0.4, 0.5) is 0 Å². The summed E-state index contributed by atoms with van der Waals surface area (Å²) < 4.78 is 1.81. The summed E-state index contributed by atoms with van der Waals surface area (Å²) in [5.74, 6) is 0.219. The molecule has 1 N–H and O–H groups in total. The van der Waals surface area contributed by atoms with Crippen molar-refractivity contribution in [2.75, 3.05) is 13.6 Å². The molecule has 0 radical (unpaired) electrons. The maximum absolute atomic E-state index is 11.5. The predicted molar refractivity (Wildman–Crippen MR) is 81.5 cm³/mol. The first-order valence-corrected chi connectivity index (χ1v) is 7.17. The number of amides is 1. The third-order valence-corrected chi connectivity index (χ3v) is 3.90. The molecule has 1 saturated heterocycles. The molecule has 1 aliphatic rings. The van der Waals surface area contributed by atoms with Crippen molar-refractivity contribution in [1.29, 1.82) is 0 Å². The van der Waals surface area contributed by atoms with Gasteiger partial charge in [0.15, 0.2) is 0 Å². The van der Waals surface area contributed by atoms with Crippen LogP contribution < -0.4 is 5.32 Å². The monoisotopic (exact) mass is 284 g/mol. The molecule has 1 fully saturated rings. The molecule has 1 unspecified atom stereocenters. The van der Waals surface area contributed by atoms with E-state index in [2.05, 4.69) is 34.7 Å². The number of hydrogen-bond acceptors (Lipinski definition) is 3. The molecule has 1 atom stereocenters. The molecular weight excluding hydrogens is 264 g/mol. The minimum Gasteiger partial charge on any atom is -0.344 e. The van der Waals surface area contributed by atoms with Gasteiger partial charge in [-0.1, -0.05) is 18.2 Å². The summed E-state index contributed by atoms with van der Waals surface area (Å²) in [6.45, 7) is 1.57. The summed E-state index contributed by atoms with van der Waals surface area (Å²) in [5, 5.41) is 7.67. The Bertz CT molecular complexity index is 649. The third-order valence-electron chi connectivity index (χ3n) is 3.90. The van der Waals surface area contributed by atoms with Gasteiger partial charge < -0.3 is 10.2 Å². The van der Waals surface area contributed by atoms with E-state index in [4.69, 9.17) is 0 Å². The van der Waals surface area contributed by atoms with E-state index in [1.165, 1.54) is 11.1 Å². The Kier molecular flexibility index (Phi) is 3.75. The number of aryl methyl sites for hydroxylation is 1. The number of benzene rings is 1. The molecule has 5 nitrogen and oxygen atoms in total. The summed E-state index contributed by atoms with van der Waals surface area (Å²) >= 11 is 0. The van der Waals surface area contributed by atoms with Gasteiger partial charge in [0.2, 0.25) is 5.91 Å². The Labute approximate surface area is 124 Å². The molecule has 110 valence electrons. The number of aromatic nitrogens is 2. The molecule has 2 aromatic rings. The fraction of sp³-hybridized carbons (Fsp3) is 0.375. The van der Waals surface area contributed by atoms with Crippen molar-refractivity contribution in [1.82, 2.24) is 20.0 Å². The second kappa shape index (κ2) is 5.69. The molecule has 1 aromatic heterocycles. The van der Waals surface area contributed by atoms with Crippen molar-refractivity contribution >= 4 is 5.91 Å². The maximum Gasteiger partial charge on any atom is 0.224 e. The molecule has 0 saturated carbocycles. The number of nitrogens with one attached hydrogen (secondary N) is 1. The van der Waals surface area contributed by atoms with Crippen molar-refractivity contribution in [3.05, 3.63) is 42.2 Å². The molecular formula is C16H20N4O. The van der Waals surface area contributed by atoms with Crippen molar-refractivity contribution < 1.29 is 4.79 Å². The normalized spacial score (nSPS) is 18.5. The second-order valence-corrected chi connectivity index (χ2v) is 5.66. The van der Waals surface area contributed by atoms with E-state index in [-0.39, 0.29) is 11.9 Å². The van der Waals surface area contributed by atoms with Crippen LogP contribution in [0.15, 0.2) is 36.7 Å². The van der Waals surface area contributed by atoms with E-state index in [0.717, 1.165) is 18.7 Å². The van der Waals surface area contributed by atoms with Crippen LogP contribution >= 0.6 is 0 Å². The lowest BCUT2D eigenvalue weighted by Gasteiger charge is -2.12. The molecule has 0 bridgehead atoms. The SMILES string of the molecule is CN1CC(NCc2cccc(-c3cnn(C)c3)c2)CC1=O. The van der Waals surface area contributed by atoms with Crippen LogP contribution in [0.25, 0.3) is 11.1 Å². The van der Waals surface area contributed by atoms with E-state index in [1.54, 1.807) is 9.58 Å². The third kappa shape index (κ3) is 3.13. The summed E-state index contributed by atoms with van der Waals surface area (Å²) in [5.41, 5.74) is 3.51. The first-order valence-electron chi connectivity index (χ1n) is 7.17. The lowest BCUT2D eigenvalue weighted by molar-refractivity contribution is -0.126. The van der Waals surface area contributed by atoms with Gasteiger partial charge in [0.1, 0.15) is 0 Å². The molecule has 0 aliphatic carbocycles. The zero-order valence-electron chi connectivity index (χ0n) is 12.4. The Balaban J connectivity index is 1.65. The van der Waals surface area contributed by atoms with E-state index >= 15 is 0 Å². The first kappa shape index (κ1) is 13.8. The summed E-state index contributed by atoms with van der Waals surface area (Å²) in [4.78, 5) is 13.3. The van der Waals surface area contributed by atoms with Gasteiger partial charge in [0.25, 0.3) is 0 Å². The molecule has 1 amide bonds. The zero-order chi connectivity index (χ0) is 14.8. The Morgan fingerprint density at radius 3 is 2.86 bits per heavy atom. The number of rotatable bonds is 4. The first-order chi connectivity index (χ1) is 10.1. The second-order valence-electron chi connectivity index (χ2n) is 5.66. The van der Waals surface area contributed by atoms with Crippen LogP contribution in [0.3, 0.4) is 0 Å². The number of likely N-dealkylation sites (N-methyl/N-ethyl adjacent to an activating group) is 1. The zero-order valence-corrected chi connectivity index (χ0v) is 12.4. The highest BCUT2D eigenvalue weighted by Gasteiger charge is 2.25. The number of carbonyl (C=O) groups excluding carboxylic acids is 1. The summed E-state index contributed by atoms with van der Waals surface area (Å²) in [7, 11) is 3.77. The molecule has 3 rings (SSSR count). The van der Waals surface area contributed by atoms with Gasteiger partial charge >= 0.3 is 0 Å². The van der Waals surface area contributed by atoms with Gasteiger partial charge in [-0.3, -0.25) is 9.48 Å². The molecule has 0 spiro atoms. The highest BCUT2D eigenvalue weighted by molar-refractivity contribution is 5.78. The van der Waals surface area contributed by atoms with Crippen molar-refractivity contribution in [2.24, 2.45) is 7.05 Å². The maximum atomic E-state index is 11.5.